The van der Waals surface area contributed by atoms with E-state index in [1.807, 2.05) is 0 Å². The maximum absolute atomic E-state index is 12.9. The van der Waals surface area contributed by atoms with Crippen LogP contribution in [0.5, 0.6) is 0 Å². The predicted octanol–water partition coefficient (Wildman–Crippen LogP) is 3.86. The van der Waals surface area contributed by atoms with E-state index >= 15 is 0 Å². The number of rotatable bonds is 2. The summed E-state index contributed by atoms with van der Waals surface area (Å²) in [7, 11) is 0. The van der Waals surface area contributed by atoms with Gasteiger partial charge in [0.2, 0.25) is 0 Å². The molecule has 0 N–H and O–H groups in total. The van der Waals surface area contributed by atoms with Crippen molar-refractivity contribution in [2.45, 2.75) is 0 Å². The molecule has 0 atom stereocenters. The molecule has 0 aliphatic heterocycles. The molecule has 1 aromatic carbocycles. The first kappa shape index (κ1) is 12.6. The molecule has 2 aromatic heterocycles. The summed E-state index contributed by atoms with van der Waals surface area (Å²) in [6.45, 7) is 0. The molecule has 0 radical (unpaired) electrons. The van der Waals surface area contributed by atoms with Crippen LogP contribution in [-0.2, 0) is 0 Å². The van der Waals surface area contributed by atoms with Gasteiger partial charge in [0.05, 0.1) is 25.1 Å². The van der Waals surface area contributed by atoms with Crippen LogP contribution in [0.1, 0.15) is 31.8 Å². The molecule has 0 unspecified atom stereocenters. The molecule has 4 nitrogen and oxygen atoms in total. The van der Waals surface area contributed by atoms with Gasteiger partial charge in [0, 0.05) is 33.4 Å². The maximum Gasteiger partial charge on any atom is 0.195 e. The Balaban J connectivity index is 2.06. The number of Topliss-reactive ketones (excluding diaryl/α,β-unsaturated/α-hetero) is 2. The summed E-state index contributed by atoms with van der Waals surface area (Å²) in [6.07, 6.45) is 5.89. The number of carbonyl (C=O) groups excluding carboxylic acids is 2. The summed E-state index contributed by atoms with van der Waals surface area (Å²) >= 11 is 0. The summed E-state index contributed by atoms with van der Waals surface area (Å²) < 4.78 is 10.2. The minimum atomic E-state index is -0.187. The molecule has 0 saturated heterocycles. The van der Waals surface area contributed by atoms with Gasteiger partial charge in [0.25, 0.3) is 0 Å². The Morgan fingerprint density at radius 2 is 1.09 bits per heavy atom. The summed E-state index contributed by atoms with van der Waals surface area (Å²) in [5.74, 6) is -0.374. The highest BCUT2D eigenvalue weighted by Gasteiger charge is 2.34. The van der Waals surface area contributed by atoms with Gasteiger partial charge in [0.1, 0.15) is 0 Å². The number of allylic oxidation sites excluding steroid dienone is 2. The second kappa shape index (κ2) is 4.70. The van der Waals surface area contributed by atoms with E-state index in [1.54, 1.807) is 36.4 Å². The monoisotopic (exact) mass is 290 g/mol. The molecule has 0 fully saturated rings. The molecule has 4 rings (SSSR count). The minimum absolute atomic E-state index is 0.187. The third-order valence-electron chi connectivity index (χ3n) is 3.74. The van der Waals surface area contributed by atoms with Gasteiger partial charge in [-0.3, -0.25) is 9.59 Å². The average molecular weight is 290 g/mol. The number of fused-ring (bicyclic) bond motifs is 1. The fourth-order valence-corrected chi connectivity index (χ4v) is 2.74. The summed E-state index contributed by atoms with van der Waals surface area (Å²) in [4.78, 5) is 25.8. The lowest BCUT2D eigenvalue weighted by molar-refractivity contribution is 0.101. The highest BCUT2D eigenvalue weighted by atomic mass is 16.3. The lowest BCUT2D eigenvalue weighted by Gasteiger charge is -2.19. The zero-order valence-corrected chi connectivity index (χ0v) is 11.4. The van der Waals surface area contributed by atoms with Gasteiger partial charge in [0.15, 0.2) is 11.6 Å². The molecule has 0 bridgehead atoms. The molecule has 106 valence electrons. The number of hydrogen-bond donors (Lipinski definition) is 0. The first-order valence-electron chi connectivity index (χ1n) is 6.75. The molecule has 0 saturated carbocycles. The Morgan fingerprint density at radius 1 is 0.636 bits per heavy atom. The van der Waals surface area contributed by atoms with E-state index in [1.165, 1.54) is 25.1 Å². The van der Waals surface area contributed by atoms with Gasteiger partial charge < -0.3 is 8.83 Å². The Kier molecular flexibility index (Phi) is 2.69. The zero-order chi connectivity index (χ0) is 15.1. The summed E-state index contributed by atoms with van der Waals surface area (Å²) in [5.41, 5.74) is 2.69. The quantitative estimate of drug-likeness (QED) is 0.719. The smallest absolute Gasteiger partial charge is 0.195 e. The van der Waals surface area contributed by atoms with E-state index in [0.717, 1.165) is 0 Å². The van der Waals surface area contributed by atoms with Crippen molar-refractivity contribution < 1.29 is 18.4 Å². The normalized spacial score (nSPS) is 14.4. The predicted molar refractivity (Wildman–Crippen MR) is 79.3 cm³/mol. The van der Waals surface area contributed by atoms with Crippen molar-refractivity contribution in [3.63, 3.8) is 0 Å². The molecule has 0 spiro atoms. The molecular formula is C18H10O4. The lowest BCUT2D eigenvalue weighted by Crippen LogP contribution is -2.20. The van der Waals surface area contributed by atoms with Gasteiger partial charge >= 0.3 is 0 Å². The van der Waals surface area contributed by atoms with Crippen molar-refractivity contribution in [2.75, 3.05) is 0 Å². The average Bonchev–Trinajstić information content (AvgIpc) is 3.23. The van der Waals surface area contributed by atoms with E-state index < -0.39 is 0 Å². The highest BCUT2D eigenvalue weighted by molar-refractivity contribution is 6.51. The number of hydrogen-bond acceptors (Lipinski definition) is 4. The fourth-order valence-electron chi connectivity index (χ4n) is 2.74. The van der Waals surface area contributed by atoms with Crippen molar-refractivity contribution in [2.24, 2.45) is 0 Å². The Morgan fingerprint density at radius 3 is 1.45 bits per heavy atom. The van der Waals surface area contributed by atoms with E-state index in [2.05, 4.69) is 0 Å². The molecule has 0 amide bonds. The highest BCUT2D eigenvalue weighted by Crippen LogP contribution is 2.37. The molecule has 22 heavy (non-hydrogen) atoms. The summed E-state index contributed by atoms with van der Waals surface area (Å²) in [5, 5.41) is 0. The van der Waals surface area contributed by atoms with E-state index in [4.69, 9.17) is 8.83 Å². The first-order chi connectivity index (χ1) is 10.8. The van der Waals surface area contributed by atoms with Crippen LogP contribution in [-0.4, -0.2) is 11.6 Å². The lowest BCUT2D eigenvalue weighted by atomic mass is 9.80. The Bertz CT molecular complexity index is 821. The van der Waals surface area contributed by atoms with Crippen molar-refractivity contribution >= 4 is 22.7 Å². The Labute approximate surface area is 125 Å². The van der Waals surface area contributed by atoms with Crippen molar-refractivity contribution in [1.29, 1.82) is 0 Å². The molecule has 4 heteroatoms. The van der Waals surface area contributed by atoms with Gasteiger partial charge in [-0.2, -0.15) is 0 Å². The van der Waals surface area contributed by atoms with Crippen LogP contribution in [0, 0.1) is 0 Å². The van der Waals surface area contributed by atoms with E-state index in [9.17, 15) is 9.59 Å². The third-order valence-corrected chi connectivity index (χ3v) is 3.74. The van der Waals surface area contributed by atoms with Gasteiger partial charge in [-0.05, 0) is 12.1 Å². The van der Waals surface area contributed by atoms with Gasteiger partial charge in [-0.25, -0.2) is 0 Å². The van der Waals surface area contributed by atoms with Crippen LogP contribution >= 0.6 is 0 Å². The topological polar surface area (TPSA) is 60.4 Å². The molecule has 2 heterocycles. The summed E-state index contributed by atoms with van der Waals surface area (Å²) in [6, 6.07) is 10.2. The number of carbonyl (C=O) groups is 2. The maximum atomic E-state index is 12.9. The molecule has 1 aliphatic carbocycles. The van der Waals surface area contributed by atoms with E-state index in [-0.39, 0.29) is 11.6 Å². The van der Waals surface area contributed by atoms with Crippen molar-refractivity contribution in [3.05, 3.63) is 83.7 Å². The minimum Gasteiger partial charge on any atom is -0.472 e. The second-order valence-corrected chi connectivity index (χ2v) is 4.98. The molecule has 3 aromatic rings. The first-order valence-corrected chi connectivity index (χ1v) is 6.75. The standard InChI is InChI=1S/C18H10O4/c19-17-13-3-1-2-4-14(13)18(20)16(12-6-8-22-10-12)15(17)11-5-7-21-9-11/h1-10H. The number of ketones is 2. The molecular weight excluding hydrogens is 280 g/mol. The van der Waals surface area contributed by atoms with Crippen LogP contribution in [0.2, 0.25) is 0 Å². The van der Waals surface area contributed by atoms with Crippen LogP contribution in [0.3, 0.4) is 0 Å². The SMILES string of the molecule is O=C1C(c2ccoc2)=C(c2ccoc2)C(=O)c2ccccc21. The van der Waals surface area contributed by atoms with Gasteiger partial charge in [-0.1, -0.05) is 24.3 Å². The third kappa shape index (κ3) is 1.71. The Hall–Kier alpha value is -3.14. The van der Waals surface area contributed by atoms with Crippen LogP contribution in [0.25, 0.3) is 11.1 Å². The fraction of sp³-hybridized carbons (Fsp3) is 0. The molecule has 1 aliphatic rings. The van der Waals surface area contributed by atoms with Crippen molar-refractivity contribution in [1.82, 2.24) is 0 Å². The second-order valence-electron chi connectivity index (χ2n) is 4.98. The van der Waals surface area contributed by atoms with Crippen LogP contribution in [0.4, 0.5) is 0 Å². The van der Waals surface area contributed by atoms with Gasteiger partial charge in [-0.15, -0.1) is 0 Å². The largest absolute Gasteiger partial charge is 0.472 e. The number of furan rings is 2. The van der Waals surface area contributed by atoms with Crippen molar-refractivity contribution in [3.8, 4) is 0 Å². The van der Waals surface area contributed by atoms with E-state index in [0.29, 0.717) is 33.4 Å². The van der Waals surface area contributed by atoms with Crippen LogP contribution in [0.15, 0.2) is 70.3 Å². The van der Waals surface area contributed by atoms with Crippen LogP contribution < -0.4 is 0 Å². The zero-order valence-electron chi connectivity index (χ0n) is 11.4. The number of benzene rings is 1.